The lowest BCUT2D eigenvalue weighted by Crippen LogP contribution is -2.00. The number of carbonyl (C=O) groups is 1. The molecule has 0 aliphatic carbocycles. The Balaban J connectivity index is 2.80. The summed E-state index contributed by atoms with van der Waals surface area (Å²) < 4.78 is 1.16. The number of fused-ring (bicyclic) bond motifs is 1. The minimum absolute atomic E-state index is 0.312. The molecular weight excluding hydrogens is 257 g/mol. The molecule has 0 N–H and O–H groups in total. The molecule has 15 heavy (non-hydrogen) atoms. The van der Waals surface area contributed by atoms with Crippen LogP contribution in [0, 0.1) is 0 Å². The Morgan fingerprint density at radius 3 is 2.93 bits per heavy atom. The molecule has 4 nitrogen and oxygen atoms in total. The Bertz CT molecular complexity index is 540. The molecule has 0 unspecified atom stereocenters. The molecule has 0 fully saturated rings. The van der Waals surface area contributed by atoms with Crippen molar-refractivity contribution in [1.82, 2.24) is 14.5 Å². The van der Waals surface area contributed by atoms with Crippen molar-refractivity contribution in [3.8, 4) is 0 Å². The number of nitrogens with zero attached hydrogens (tertiary/aromatic N) is 3. The molecule has 2 aromatic heterocycles. The highest BCUT2D eigenvalue weighted by molar-refractivity contribution is 7.98. The minimum atomic E-state index is -0.653. The van der Waals surface area contributed by atoms with Gasteiger partial charge in [0.25, 0.3) is 0 Å². The van der Waals surface area contributed by atoms with Gasteiger partial charge in [-0.2, -0.15) is 0 Å². The topological polar surface area (TPSA) is 47.8 Å². The molecule has 7 heteroatoms. The zero-order valence-electron chi connectivity index (χ0n) is 7.57. The van der Waals surface area contributed by atoms with Gasteiger partial charge in [-0.1, -0.05) is 11.6 Å². The van der Waals surface area contributed by atoms with Crippen LogP contribution in [0.15, 0.2) is 17.3 Å². The molecule has 0 aliphatic heterocycles. The Hall–Kier alpha value is -0.780. The van der Waals surface area contributed by atoms with E-state index in [1.807, 2.05) is 6.26 Å². The number of carbonyl (C=O) groups excluding carboxylic acids is 1. The molecule has 0 saturated carbocycles. The van der Waals surface area contributed by atoms with E-state index >= 15 is 0 Å². The van der Waals surface area contributed by atoms with E-state index in [4.69, 9.17) is 23.2 Å². The van der Waals surface area contributed by atoms with Gasteiger partial charge in [0.1, 0.15) is 17.0 Å². The summed E-state index contributed by atoms with van der Waals surface area (Å²) in [5.41, 5.74) is 1.01. The van der Waals surface area contributed by atoms with E-state index in [1.165, 1.54) is 18.1 Å². The van der Waals surface area contributed by atoms with Crippen molar-refractivity contribution in [2.45, 2.75) is 4.90 Å². The van der Waals surface area contributed by atoms with Crippen molar-refractivity contribution in [3.63, 3.8) is 0 Å². The van der Waals surface area contributed by atoms with Crippen LogP contribution >= 0.6 is 35.0 Å². The summed E-state index contributed by atoms with van der Waals surface area (Å²) in [6.07, 6.45) is 3.23. The number of hydrogen-bond donors (Lipinski definition) is 0. The summed E-state index contributed by atoms with van der Waals surface area (Å²) in [7, 11) is 0. The van der Waals surface area contributed by atoms with Gasteiger partial charge in [0.2, 0.25) is 0 Å². The predicted molar refractivity (Wildman–Crippen MR) is 61.0 cm³/mol. The average molecular weight is 262 g/mol. The normalized spacial score (nSPS) is 10.9. The monoisotopic (exact) mass is 261 g/mol. The fourth-order valence-corrected chi connectivity index (χ4v) is 2.16. The molecule has 0 aliphatic rings. The van der Waals surface area contributed by atoms with Gasteiger partial charge in [-0.15, -0.1) is 11.8 Å². The molecule has 2 heterocycles. The highest BCUT2D eigenvalue weighted by Crippen LogP contribution is 2.26. The third-order valence-electron chi connectivity index (χ3n) is 1.85. The third kappa shape index (κ3) is 1.82. The molecule has 78 valence electrons. The average Bonchev–Trinajstić information content (AvgIpc) is 2.59. The van der Waals surface area contributed by atoms with Gasteiger partial charge in [-0.05, 0) is 23.9 Å². The van der Waals surface area contributed by atoms with Crippen LogP contribution in [0.1, 0.15) is 0 Å². The highest BCUT2D eigenvalue weighted by Gasteiger charge is 2.13. The zero-order chi connectivity index (χ0) is 11.0. The van der Waals surface area contributed by atoms with Gasteiger partial charge < -0.3 is 0 Å². The van der Waals surface area contributed by atoms with Crippen LogP contribution in [0.2, 0.25) is 5.15 Å². The maximum Gasteiger partial charge on any atom is 0.327 e. The number of aromatic nitrogens is 3. The minimum Gasteiger partial charge on any atom is -0.255 e. The lowest BCUT2D eigenvalue weighted by molar-refractivity contribution is 0.261. The first-order valence-electron chi connectivity index (χ1n) is 3.91. The van der Waals surface area contributed by atoms with Crippen molar-refractivity contribution in [2.75, 3.05) is 6.26 Å². The lowest BCUT2D eigenvalue weighted by atomic mass is 10.4. The molecule has 0 saturated heterocycles. The second-order valence-corrected chi connectivity index (χ2v) is 4.25. The number of thioether (sulfide) groups is 1. The number of rotatable bonds is 1. The Morgan fingerprint density at radius 2 is 2.33 bits per heavy atom. The predicted octanol–water partition coefficient (Wildman–Crippen LogP) is 3.01. The van der Waals surface area contributed by atoms with Crippen LogP contribution in [0.3, 0.4) is 0 Å². The van der Waals surface area contributed by atoms with Gasteiger partial charge in [0, 0.05) is 4.90 Å². The van der Waals surface area contributed by atoms with E-state index in [9.17, 15) is 4.79 Å². The number of hydrogen-bond acceptors (Lipinski definition) is 4. The molecule has 0 radical (unpaired) electrons. The first-order valence-corrected chi connectivity index (χ1v) is 5.89. The molecule has 0 aromatic carbocycles. The summed E-state index contributed by atoms with van der Waals surface area (Å²) in [5, 5.41) is -0.342. The molecule has 2 rings (SSSR count). The third-order valence-corrected chi connectivity index (χ3v) is 2.97. The van der Waals surface area contributed by atoms with Crippen molar-refractivity contribution < 1.29 is 4.79 Å². The Kier molecular flexibility index (Phi) is 2.86. The zero-order valence-corrected chi connectivity index (χ0v) is 9.90. The first kappa shape index (κ1) is 10.7. The summed E-state index contributed by atoms with van der Waals surface area (Å²) in [4.78, 5) is 20.0. The van der Waals surface area contributed by atoms with Gasteiger partial charge in [-0.25, -0.2) is 14.5 Å². The first-order chi connectivity index (χ1) is 7.13. The van der Waals surface area contributed by atoms with E-state index in [2.05, 4.69) is 9.97 Å². The largest absolute Gasteiger partial charge is 0.327 e. The number of pyridine rings is 1. The smallest absolute Gasteiger partial charge is 0.255 e. The van der Waals surface area contributed by atoms with Gasteiger partial charge in [0.05, 0.1) is 0 Å². The quantitative estimate of drug-likeness (QED) is 0.450. The standard InChI is InChI=1S/C8H5Cl2N3OS/c1-15-4-2-5(9)12-7-6(4)11-3-13(7)8(10)14/h2-3H,1H3. The van der Waals surface area contributed by atoms with Crippen LogP contribution in [-0.2, 0) is 0 Å². The number of halogens is 2. The summed E-state index contributed by atoms with van der Waals surface area (Å²) in [6, 6.07) is 1.70. The fourth-order valence-electron chi connectivity index (χ4n) is 1.22. The highest BCUT2D eigenvalue weighted by atomic mass is 35.5. The number of imidazole rings is 1. The molecular formula is C8H5Cl2N3OS. The van der Waals surface area contributed by atoms with Crippen LogP contribution < -0.4 is 0 Å². The molecule has 2 aromatic rings. The van der Waals surface area contributed by atoms with Crippen molar-refractivity contribution >= 4 is 51.5 Å². The second-order valence-electron chi connectivity index (χ2n) is 2.69. The molecule has 0 bridgehead atoms. The van der Waals surface area contributed by atoms with Gasteiger partial charge >= 0.3 is 5.37 Å². The maximum atomic E-state index is 11.0. The molecule has 0 spiro atoms. The van der Waals surface area contributed by atoms with E-state index in [0.29, 0.717) is 16.3 Å². The second kappa shape index (κ2) is 4.00. The molecule has 0 amide bonds. The van der Waals surface area contributed by atoms with Crippen LogP contribution in [0.4, 0.5) is 4.79 Å². The Labute approximate surface area is 99.6 Å². The maximum absolute atomic E-state index is 11.0. The van der Waals surface area contributed by atoms with Crippen molar-refractivity contribution in [3.05, 3.63) is 17.5 Å². The summed E-state index contributed by atoms with van der Waals surface area (Å²) in [6.45, 7) is 0. The summed E-state index contributed by atoms with van der Waals surface area (Å²) >= 11 is 12.7. The fraction of sp³-hybridized carbons (Fsp3) is 0.125. The lowest BCUT2D eigenvalue weighted by Gasteiger charge is -1.99. The van der Waals surface area contributed by atoms with Gasteiger partial charge in [0.15, 0.2) is 5.65 Å². The van der Waals surface area contributed by atoms with E-state index in [0.717, 1.165) is 9.46 Å². The van der Waals surface area contributed by atoms with Crippen molar-refractivity contribution in [1.29, 1.82) is 0 Å². The van der Waals surface area contributed by atoms with Crippen molar-refractivity contribution in [2.24, 2.45) is 0 Å². The van der Waals surface area contributed by atoms with Crippen LogP contribution in [-0.4, -0.2) is 26.2 Å². The van der Waals surface area contributed by atoms with E-state index in [1.54, 1.807) is 6.07 Å². The van der Waals surface area contributed by atoms with Gasteiger partial charge in [-0.3, -0.25) is 4.79 Å². The SMILES string of the molecule is CSc1cc(Cl)nc2c1ncn2C(=O)Cl. The Morgan fingerprint density at radius 1 is 1.60 bits per heavy atom. The molecule has 0 atom stereocenters. The van der Waals surface area contributed by atoms with E-state index in [-0.39, 0.29) is 0 Å². The van der Waals surface area contributed by atoms with Crippen LogP contribution in [0.5, 0.6) is 0 Å². The van der Waals surface area contributed by atoms with E-state index < -0.39 is 5.37 Å². The van der Waals surface area contributed by atoms with Crippen LogP contribution in [0.25, 0.3) is 11.2 Å². The summed E-state index contributed by atoms with van der Waals surface area (Å²) in [5.74, 6) is 0.